The summed E-state index contributed by atoms with van der Waals surface area (Å²) in [5, 5.41) is 2.65. The molecular weight excluding hydrogens is 368 g/mol. The van der Waals surface area contributed by atoms with Crippen LogP contribution in [0.4, 0.5) is 0 Å². The number of rotatable bonds is 7. The number of amides is 2. The number of β-lactam (4-membered cyclic amide) rings is 1. The standard InChI is InChI=1S/C19H22N2O5S/c1-12(22)26-10-14-11-27-19-16(25-2)18(24)21(19)15(14)17(23)20-9-8-13-6-4-3-5-7-13/h3-7,16,19H,8-11H2,1-2H3,(H,20,23). The van der Waals surface area contributed by atoms with E-state index in [2.05, 4.69) is 5.32 Å². The van der Waals surface area contributed by atoms with E-state index in [1.54, 1.807) is 0 Å². The minimum absolute atomic E-state index is 0.00206. The molecule has 27 heavy (non-hydrogen) atoms. The van der Waals surface area contributed by atoms with Crippen molar-refractivity contribution in [2.45, 2.75) is 24.8 Å². The van der Waals surface area contributed by atoms with E-state index in [0.717, 1.165) is 5.56 Å². The lowest BCUT2D eigenvalue weighted by molar-refractivity contribution is -0.160. The Balaban J connectivity index is 1.72. The molecule has 0 bridgehead atoms. The first-order chi connectivity index (χ1) is 13.0. The Bertz CT molecular complexity index is 765. The molecule has 3 rings (SSSR count). The Morgan fingerprint density at radius 2 is 2.04 bits per heavy atom. The fourth-order valence-electron chi connectivity index (χ4n) is 3.10. The molecule has 0 aliphatic carbocycles. The van der Waals surface area contributed by atoms with Gasteiger partial charge in [0.15, 0.2) is 6.10 Å². The summed E-state index contributed by atoms with van der Waals surface area (Å²) >= 11 is 1.50. The molecule has 0 saturated carbocycles. The minimum atomic E-state index is -0.544. The normalized spacial score (nSPS) is 21.4. The van der Waals surface area contributed by atoms with Crippen molar-refractivity contribution >= 4 is 29.5 Å². The molecule has 0 aromatic heterocycles. The minimum Gasteiger partial charge on any atom is -0.461 e. The van der Waals surface area contributed by atoms with E-state index in [4.69, 9.17) is 9.47 Å². The second-order valence-electron chi connectivity index (χ2n) is 6.29. The molecule has 7 nitrogen and oxygen atoms in total. The monoisotopic (exact) mass is 390 g/mol. The van der Waals surface area contributed by atoms with Gasteiger partial charge in [0, 0.05) is 31.9 Å². The Labute approximate surface area is 162 Å². The zero-order chi connectivity index (χ0) is 19.4. The summed E-state index contributed by atoms with van der Waals surface area (Å²) in [4.78, 5) is 37.8. The van der Waals surface area contributed by atoms with Crippen molar-refractivity contribution in [3.05, 3.63) is 47.2 Å². The van der Waals surface area contributed by atoms with Crippen molar-refractivity contribution in [1.29, 1.82) is 0 Å². The largest absolute Gasteiger partial charge is 0.461 e. The Hall–Kier alpha value is -2.32. The number of nitrogens with one attached hydrogen (secondary N) is 1. The average Bonchev–Trinajstić information content (AvgIpc) is 2.66. The van der Waals surface area contributed by atoms with E-state index in [-0.39, 0.29) is 29.5 Å². The van der Waals surface area contributed by atoms with E-state index < -0.39 is 12.1 Å². The van der Waals surface area contributed by atoms with Crippen LogP contribution in [0.5, 0.6) is 0 Å². The molecule has 1 aromatic rings. The summed E-state index contributed by atoms with van der Waals surface area (Å²) in [5.41, 5.74) is 2.03. The van der Waals surface area contributed by atoms with Gasteiger partial charge >= 0.3 is 5.97 Å². The molecule has 2 aliphatic rings. The molecule has 0 radical (unpaired) electrons. The zero-order valence-corrected chi connectivity index (χ0v) is 16.1. The SMILES string of the molecule is COC1C(=O)N2C(C(=O)NCCc3ccccc3)=C(COC(C)=O)CSC12. The van der Waals surface area contributed by atoms with Crippen LogP contribution in [0.1, 0.15) is 12.5 Å². The van der Waals surface area contributed by atoms with Crippen molar-refractivity contribution in [1.82, 2.24) is 10.2 Å². The molecule has 1 aromatic carbocycles. The highest BCUT2D eigenvalue weighted by atomic mass is 32.2. The van der Waals surface area contributed by atoms with Crippen molar-refractivity contribution in [2.24, 2.45) is 0 Å². The van der Waals surface area contributed by atoms with E-state index in [1.165, 1.54) is 30.7 Å². The van der Waals surface area contributed by atoms with Crippen LogP contribution in [0.25, 0.3) is 0 Å². The fraction of sp³-hybridized carbons (Fsp3) is 0.421. The average molecular weight is 390 g/mol. The molecule has 144 valence electrons. The van der Waals surface area contributed by atoms with Crippen LogP contribution in [-0.2, 0) is 30.3 Å². The number of fused-ring (bicyclic) bond motifs is 1. The molecule has 1 saturated heterocycles. The summed E-state index contributed by atoms with van der Waals surface area (Å²) < 4.78 is 10.3. The fourth-order valence-corrected chi connectivity index (χ4v) is 4.45. The van der Waals surface area contributed by atoms with Crippen LogP contribution < -0.4 is 5.32 Å². The molecular formula is C19H22N2O5S. The third-order valence-corrected chi connectivity index (χ3v) is 5.77. The van der Waals surface area contributed by atoms with Gasteiger partial charge < -0.3 is 14.8 Å². The molecule has 8 heteroatoms. The number of methoxy groups -OCH3 is 1. The lowest BCUT2D eigenvalue weighted by atomic mass is 10.0. The van der Waals surface area contributed by atoms with Crippen molar-refractivity contribution in [2.75, 3.05) is 26.0 Å². The molecule has 2 aliphatic heterocycles. The third kappa shape index (κ3) is 4.17. The quantitative estimate of drug-likeness (QED) is 0.554. The number of nitrogens with zero attached hydrogens (tertiary/aromatic N) is 1. The summed E-state index contributed by atoms with van der Waals surface area (Å²) in [5.74, 6) is -0.504. The van der Waals surface area contributed by atoms with Gasteiger partial charge in [-0.1, -0.05) is 30.3 Å². The first-order valence-electron chi connectivity index (χ1n) is 8.68. The summed E-state index contributed by atoms with van der Waals surface area (Å²) in [6.07, 6.45) is 0.142. The zero-order valence-electron chi connectivity index (χ0n) is 15.3. The van der Waals surface area contributed by atoms with Gasteiger partial charge in [0.2, 0.25) is 0 Å². The van der Waals surface area contributed by atoms with Crippen molar-refractivity contribution in [3.8, 4) is 0 Å². The second kappa shape index (κ2) is 8.58. The maximum Gasteiger partial charge on any atom is 0.302 e. The summed E-state index contributed by atoms with van der Waals surface area (Å²) in [6.45, 7) is 1.76. The molecule has 2 amide bonds. The first-order valence-corrected chi connectivity index (χ1v) is 9.72. The lowest BCUT2D eigenvalue weighted by Crippen LogP contribution is -2.66. The van der Waals surface area contributed by atoms with Gasteiger partial charge in [0.05, 0.1) is 0 Å². The molecule has 2 atom stereocenters. The van der Waals surface area contributed by atoms with Gasteiger partial charge in [0.1, 0.15) is 17.7 Å². The summed E-state index contributed by atoms with van der Waals surface area (Å²) in [7, 11) is 1.48. The Morgan fingerprint density at radius 1 is 1.30 bits per heavy atom. The number of benzene rings is 1. The topological polar surface area (TPSA) is 84.9 Å². The molecule has 0 spiro atoms. The van der Waals surface area contributed by atoms with Gasteiger partial charge in [-0.05, 0) is 12.0 Å². The molecule has 1 N–H and O–H groups in total. The lowest BCUT2D eigenvalue weighted by Gasteiger charge is -2.49. The van der Waals surface area contributed by atoms with E-state index in [0.29, 0.717) is 24.3 Å². The predicted molar refractivity (Wildman–Crippen MR) is 101 cm³/mol. The van der Waals surface area contributed by atoms with Gasteiger partial charge in [-0.25, -0.2) is 0 Å². The number of hydrogen-bond acceptors (Lipinski definition) is 6. The van der Waals surface area contributed by atoms with Crippen LogP contribution in [0.2, 0.25) is 0 Å². The molecule has 2 unspecified atom stereocenters. The van der Waals surface area contributed by atoms with Crippen molar-refractivity contribution < 1.29 is 23.9 Å². The number of carbonyl (C=O) groups is 3. The van der Waals surface area contributed by atoms with Gasteiger partial charge in [-0.15, -0.1) is 11.8 Å². The van der Waals surface area contributed by atoms with Gasteiger partial charge in [0.25, 0.3) is 11.8 Å². The van der Waals surface area contributed by atoms with Crippen LogP contribution in [0, 0.1) is 0 Å². The smallest absolute Gasteiger partial charge is 0.302 e. The third-order valence-electron chi connectivity index (χ3n) is 4.46. The number of esters is 1. The van der Waals surface area contributed by atoms with Crippen LogP contribution in [-0.4, -0.2) is 60.2 Å². The van der Waals surface area contributed by atoms with Crippen LogP contribution in [0.15, 0.2) is 41.6 Å². The molecule has 1 fully saturated rings. The van der Waals surface area contributed by atoms with E-state index >= 15 is 0 Å². The maximum absolute atomic E-state index is 12.8. The predicted octanol–water partition coefficient (Wildman–Crippen LogP) is 1.09. The Morgan fingerprint density at radius 3 is 2.70 bits per heavy atom. The number of ether oxygens (including phenoxy) is 2. The highest BCUT2D eigenvalue weighted by Gasteiger charge is 2.53. The highest BCUT2D eigenvalue weighted by molar-refractivity contribution is 8.00. The number of carbonyl (C=O) groups excluding carboxylic acids is 3. The van der Waals surface area contributed by atoms with Gasteiger partial charge in [-0.3, -0.25) is 19.3 Å². The molecule has 2 heterocycles. The van der Waals surface area contributed by atoms with Crippen molar-refractivity contribution in [3.63, 3.8) is 0 Å². The Kier molecular flexibility index (Phi) is 6.18. The number of thioether (sulfide) groups is 1. The van der Waals surface area contributed by atoms with E-state index in [9.17, 15) is 14.4 Å². The second-order valence-corrected chi connectivity index (χ2v) is 7.40. The maximum atomic E-state index is 12.8. The highest BCUT2D eigenvalue weighted by Crippen LogP contribution is 2.41. The first kappa shape index (κ1) is 19.4. The summed E-state index contributed by atoms with van der Waals surface area (Å²) in [6, 6.07) is 9.82. The van der Waals surface area contributed by atoms with Crippen LogP contribution >= 0.6 is 11.8 Å². The van der Waals surface area contributed by atoms with Gasteiger partial charge in [-0.2, -0.15) is 0 Å². The van der Waals surface area contributed by atoms with E-state index in [1.807, 2.05) is 30.3 Å². The number of hydrogen-bond donors (Lipinski definition) is 1. The van der Waals surface area contributed by atoms with Crippen LogP contribution in [0.3, 0.4) is 0 Å².